The summed E-state index contributed by atoms with van der Waals surface area (Å²) < 4.78 is 45.7. The predicted molar refractivity (Wildman–Crippen MR) is 80.7 cm³/mol. The second kappa shape index (κ2) is 5.84. The molecule has 9 heteroatoms. The van der Waals surface area contributed by atoms with Crippen molar-refractivity contribution in [1.82, 2.24) is 15.2 Å². The molecule has 0 bridgehead atoms. The van der Waals surface area contributed by atoms with Gasteiger partial charge in [-0.1, -0.05) is 19.1 Å². The summed E-state index contributed by atoms with van der Waals surface area (Å²) in [7, 11) is -3.93. The quantitative estimate of drug-likeness (QED) is 0.746. The maximum absolute atomic E-state index is 13.6. The number of aryl methyl sites for hydroxylation is 1. The Bertz CT molecular complexity index is 933. The van der Waals surface area contributed by atoms with E-state index >= 15 is 0 Å². The maximum Gasteiger partial charge on any atom is 0.264 e. The SMILES string of the molecule is CCc1nnc(-c2cc(S(=O)(=O)Nc3ccccc3F)c[nH]2)o1. The Hall–Kier alpha value is -2.68. The summed E-state index contributed by atoms with van der Waals surface area (Å²) in [5.74, 6) is -0.0194. The second-order valence-electron chi connectivity index (χ2n) is 4.69. The van der Waals surface area contributed by atoms with Crippen LogP contribution in [0.4, 0.5) is 10.1 Å². The minimum absolute atomic E-state index is 0.0630. The summed E-state index contributed by atoms with van der Waals surface area (Å²) in [6.45, 7) is 1.86. The number of benzene rings is 1. The van der Waals surface area contributed by atoms with Gasteiger partial charge in [-0.3, -0.25) is 4.72 Å². The summed E-state index contributed by atoms with van der Waals surface area (Å²) in [5, 5.41) is 7.64. The van der Waals surface area contributed by atoms with Gasteiger partial charge >= 0.3 is 0 Å². The van der Waals surface area contributed by atoms with Gasteiger partial charge in [0, 0.05) is 12.6 Å². The fourth-order valence-electron chi connectivity index (χ4n) is 1.91. The van der Waals surface area contributed by atoms with Crippen molar-refractivity contribution >= 4 is 15.7 Å². The average molecular weight is 336 g/mol. The third kappa shape index (κ3) is 3.09. The number of halogens is 1. The zero-order chi connectivity index (χ0) is 16.4. The Morgan fingerprint density at radius 3 is 2.78 bits per heavy atom. The normalized spacial score (nSPS) is 11.6. The van der Waals surface area contributed by atoms with Crippen molar-refractivity contribution in [3.63, 3.8) is 0 Å². The van der Waals surface area contributed by atoms with Crippen LogP contribution in [0.25, 0.3) is 11.6 Å². The van der Waals surface area contributed by atoms with Crippen molar-refractivity contribution in [3.8, 4) is 11.6 Å². The molecule has 0 saturated carbocycles. The standard InChI is InChI=1S/C14H13FN4O3S/c1-2-13-17-18-14(22-13)12-7-9(8-16-12)23(20,21)19-11-6-4-3-5-10(11)15/h3-8,16,19H,2H2,1H3. The molecule has 0 aliphatic carbocycles. The molecule has 7 nitrogen and oxygen atoms in total. The van der Waals surface area contributed by atoms with Crippen LogP contribution in [0.3, 0.4) is 0 Å². The number of nitrogens with one attached hydrogen (secondary N) is 2. The summed E-state index contributed by atoms with van der Waals surface area (Å²) in [4.78, 5) is 2.69. The zero-order valence-electron chi connectivity index (χ0n) is 12.1. The van der Waals surface area contributed by atoms with Gasteiger partial charge in [-0.2, -0.15) is 0 Å². The summed E-state index contributed by atoms with van der Waals surface area (Å²) in [6, 6.07) is 6.86. The summed E-state index contributed by atoms with van der Waals surface area (Å²) in [5.41, 5.74) is 0.243. The maximum atomic E-state index is 13.6. The molecule has 2 aromatic heterocycles. The molecule has 0 aliphatic heterocycles. The van der Waals surface area contributed by atoms with E-state index in [0.29, 0.717) is 18.0 Å². The highest BCUT2D eigenvalue weighted by atomic mass is 32.2. The highest BCUT2D eigenvalue weighted by Gasteiger charge is 2.20. The van der Waals surface area contributed by atoms with Crippen molar-refractivity contribution in [2.24, 2.45) is 0 Å². The lowest BCUT2D eigenvalue weighted by Gasteiger charge is -2.06. The van der Waals surface area contributed by atoms with Crippen molar-refractivity contribution in [3.05, 3.63) is 48.2 Å². The molecule has 1 aromatic carbocycles. The number of anilines is 1. The van der Waals surface area contributed by atoms with Gasteiger partial charge in [0.1, 0.15) is 16.4 Å². The molecule has 2 heterocycles. The van der Waals surface area contributed by atoms with Gasteiger partial charge in [0.2, 0.25) is 5.89 Å². The monoisotopic (exact) mass is 336 g/mol. The molecule has 120 valence electrons. The number of rotatable bonds is 5. The summed E-state index contributed by atoms with van der Waals surface area (Å²) >= 11 is 0. The number of hydrogen-bond acceptors (Lipinski definition) is 5. The molecular weight excluding hydrogens is 323 g/mol. The Morgan fingerprint density at radius 1 is 1.30 bits per heavy atom. The molecule has 2 N–H and O–H groups in total. The van der Waals surface area contributed by atoms with Gasteiger partial charge in [0.25, 0.3) is 15.9 Å². The van der Waals surface area contributed by atoms with E-state index in [1.807, 2.05) is 6.92 Å². The van der Waals surface area contributed by atoms with Crippen LogP contribution in [-0.4, -0.2) is 23.6 Å². The van der Waals surface area contributed by atoms with E-state index in [9.17, 15) is 12.8 Å². The Balaban J connectivity index is 1.88. The lowest BCUT2D eigenvalue weighted by atomic mass is 10.3. The molecule has 3 rings (SSSR count). The minimum atomic E-state index is -3.93. The molecule has 0 amide bonds. The fraction of sp³-hybridized carbons (Fsp3) is 0.143. The number of H-pyrrole nitrogens is 1. The Kier molecular flexibility index (Phi) is 3.87. The van der Waals surface area contributed by atoms with E-state index in [2.05, 4.69) is 19.9 Å². The summed E-state index contributed by atoms with van der Waals surface area (Å²) in [6.07, 6.45) is 1.85. The fourth-order valence-corrected chi connectivity index (χ4v) is 2.97. The van der Waals surface area contributed by atoms with Crippen LogP contribution >= 0.6 is 0 Å². The number of nitrogens with zero attached hydrogens (tertiary/aromatic N) is 2. The zero-order valence-corrected chi connectivity index (χ0v) is 12.9. The molecule has 23 heavy (non-hydrogen) atoms. The first-order chi connectivity index (χ1) is 11.0. The number of sulfonamides is 1. The van der Waals surface area contributed by atoms with Gasteiger partial charge in [0.15, 0.2) is 0 Å². The highest BCUT2D eigenvalue weighted by molar-refractivity contribution is 7.92. The molecule has 0 aliphatic rings. The molecule has 0 spiro atoms. The molecule has 0 atom stereocenters. The molecule has 0 radical (unpaired) electrons. The second-order valence-corrected chi connectivity index (χ2v) is 6.37. The largest absolute Gasteiger partial charge is 0.419 e. The van der Waals surface area contributed by atoms with Crippen LogP contribution in [0.1, 0.15) is 12.8 Å². The highest BCUT2D eigenvalue weighted by Crippen LogP contribution is 2.23. The van der Waals surface area contributed by atoms with Crippen molar-refractivity contribution in [1.29, 1.82) is 0 Å². The topological polar surface area (TPSA) is 101 Å². The van der Waals surface area contributed by atoms with E-state index in [-0.39, 0.29) is 16.5 Å². The number of aromatic amines is 1. The van der Waals surface area contributed by atoms with Gasteiger partial charge in [-0.15, -0.1) is 10.2 Å². The van der Waals surface area contributed by atoms with Crippen LogP contribution in [0.15, 0.2) is 45.8 Å². The van der Waals surface area contributed by atoms with Crippen LogP contribution < -0.4 is 4.72 Å². The van der Waals surface area contributed by atoms with Crippen LogP contribution in [-0.2, 0) is 16.4 Å². The van der Waals surface area contributed by atoms with E-state index < -0.39 is 15.8 Å². The molecule has 3 aromatic rings. The van der Waals surface area contributed by atoms with E-state index in [1.165, 1.54) is 36.5 Å². The molecular formula is C14H13FN4O3S. The van der Waals surface area contributed by atoms with Crippen LogP contribution in [0.5, 0.6) is 0 Å². The first-order valence-electron chi connectivity index (χ1n) is 6.78. The molecule has 0 saturated heterocycles. The minimum Gasteiger partial charge on any atom is -0.419 e. The van der Waals surface area contributed by atoms with Gasteiger partial charge in [-0.25, -0.2) is 12.8 Å². The average Bonchev–Trinajstić information content (AvgIpc) is 3.18. The predicted octanol–water partition coefficient (Wildman–Crippen LogP) is 2.57. The van der Waals surface area contributed by atoms with Crippen LogP contribution in [0.2, 0.25) is 0 Å². The molecule has 0 fully saturated rings. The smallest absolute Gasteiger partial charge is 0.264 e. The first-order valence-corrected chi connectivity index (χ1v) is 8.26. The van der Waals surface area contributed by atoms with Gasteiger partial charge < -0.3 is 9.40 Å². The Morgan fingerprint density at radius 2 is 2.09 bits per heavy atom. The van der Waals surface area contributed by atoms with E-state index in [1.54, 1.807) is 0 Å². The van der Waals surface area contributed by atoms with Gasteiger partial charge in [0.05, 0.1) is 5.69 Å². The lowest BCUT2D eigenvalue weighted by molar-refractivity contribution is 0.511. The van der Waals surface area contributed by atoms with Crippen molar-refractivity contribution in [2.45, 2.75) is 18.2 Å². The third-order valence-corrected chi connectivity index (χ3v) is 4.43. The van der Waals surface area contributed by atoms with E-state index in [0.717, 1.165) is 0 Å². The van der Waals surface area contributed by atoms with Crippen molar-refractivity contribution < 1.29 is 17.2 Å². The van der Waals surface area contributed by atoms with Crippen molar-refractivity contribution in [2.75, 3.05) is 4.72 Å². The number of hydrogen-bond donors (Lipinski definition) is 2. The Labute approximate surface area is 131 Å². The lowest BCUT2D eigenvalue weighted by Crippen LogP contribution is -2.13. The molecule has 0 unspecified atom stereocenters. The van der Waals surface area contributed by atoms with Gasteiger partial charge in [-0.05, 0) is 18.2 Å². The third-order valence-electron chi connectivity index (χ3n) is 3.08. The number of para-hydroxylation sites is 1. The number of aromatic nitrogens is 3. The van der Waals surface area contributed by atoms with E-state index in [4.69, 9.17) is 4.42 Å². The first kappa shape index (κ1) is 15.2. The van der Waals surface area contributed by atoms with Crippen LogP contribution in [0, 0.1) is 5.82 Å².